The third kappa shape index (κ3) is 4.15. The van der Waals surface area contributed by atoms with Crippen molar-refractivity contribution >= 4 is 28.6 Å². The molecule has 2 aromatic carbocycles. The molecule has 4 rings (SSSR count). The van der Waals surface area contributed by atoms with E-state index in [4.69, 9.17) is 0 Å². The molecule has 142 valence electrons. The molecule has 0 bridgehead atoms. The zero-order chi connectivity index (χ0) is 19.5. The maximum Gasteiger partial charge on any atom is 0.293 e. The van der Waals surface area contributed by atoms with Crippen LogP contribution in [0.15, 0.2) is 48.5 Å². The highest BCUT2D eigenvalue weighted by molar-refractivity contribution is 7.14. The Morgan fingerprint density at radius 2 is 1.96 bits per heavy atom. The Hall–Kier alpha value is -3.33. The molecule has 1 aliphatic rings. The fourth-order valence-corrected chi connectivity index (χ4v) is 3.45. The highest BCUT2D eigenvalue weighted by atomic mass is 32.1. The van der Waals surface area contributed by atoms with E-state index in [1.165, 1.54) is 17.4 Å². The molecule has 1 amide bonds. The van der Waals surface area contributed by atoms with Gasteiger partial charge in [-0.3, -0.25) is 14.9 Å². The fraction of sp³-hybridized carbons (Fsp3) is 0.211. The van der Waals surface area contributed by atoms with Crippen LogP contribution in [0.2, 0.25) is 0 Å². The molecule has 0 saturated heterocycles. The van der Waals surface area contributed by atoms with Crippen LogP contribution in [-0.2, 0) is 6.54 Å². The van der Waals surface area contributed by atoms with Gasteiger partial charge in [0.2, 0.25) is 0 Å². The summed E-state index contributed by atoms with van der Waals surface area (Å²) in [7, 11) is 0. The average molecular weight is 395 g/mol. The monoisotopic (exact) mass is 395 g/mol. The summed E-state index contributed by atoms with van der Waals surface area (Å²) >= 11 is 1.42. The van der Waals surface area contributed by atoms with Gasteiger partial charge in [-0.05, 0) is 25.0 Å². The summed E-state index contributed by atoms with van der Waals surface area (Å²) < 4.78 is 0. The van der Waals surface area contributed by atoms with Gasteiger partial charge in [0.15, 0.2) is 0 Å². The van der Waals surface area contributed by atoms with Crippen molar-refractivity contribution in [3.63, 3.8) is 0 Å². The molecule has 1 aromatic heterocycles. The summed E-state index contributed by atoms with van der Waals surface area (Å²) in [5.41, 5.74) is 1.45. The fourth-order valence-electron chi connectivity index (χ4n) is 2.66. The maximum absolute atomic E-state index is 12.1. The minimum atomic E-state index is -0.494. The minimum absolute atomic E-state index is 0.142. The van der Waals surface area contributed by atoms with E-state index in [9.17, 15) is 14.9 Å². The predicted molar refractivity (Wildman–Crippen MR) is 106 cm³/mol. The number of amides is 1. The van der Waals surface area contributed by atoms with Gasteiger partial charge in [-0.2, -0.15) is 0 Å². The largest absolute Gasteiger partial charge is 0.373 e. The normalized spacial score (nSPS) is 13.1. The number of benzene rings is 2. The first-order valence-corrected chi connectivity index (χ1v) is 9.63. The second-order valence-electron chi connectivity index (χ2n) is 6.46. The Labute approximate surface area is 164 Å². The Bertz CT molecular complexity index is 1020. The van der Waals surface area contributed by atoms with Crippen molar-refractivity contribution < 1.29 is 9.72 Å². The second-order valence-corrected chi connectivity index (χ2v) is 7.52. The lowest BCUT2D eigenvalue weighted by atomic mass is 10.1. The number of carbonyl (C=O) groups excluding carboxylic acids is 1. The Balaban J connectivity index is 1.47. The van der Waals surface area contributed by atoms with Gasteiger partial charge in [0.05, 0.1) is 11.5 Å². The van der Waals surface area contributed by atoms with Crippen molar-refractivity contribution in [1.29, 1.82) is 0 Å². The SMILES string of the molecule is O=C(NC1CC1)c1ccc(NCc2nnc(-c3ccccc3)s2)c([N+](=O)[O-])c1. The van der Waals surface area contributed by atoms with E-state index in [0.717, 1.165) is 23.4 Å². The third-order valence-electron chi connectivity index (χ3n) is 4.29. The molecule has 2 N–H and O–H groups in total. The van der Waals surface area contributed by atoms with Crippen LogP contribution in [0.1, 0.15) is 28.2 Å². The number of nitrogens with zero attached hydrogens (tertiary/aromatic N) is 3. The maximum atomic E-state index is 12.1. The number of anilines is 1. The van der Waals surface area contributed by atoms with Crippen LogP contribution in [0.5, 0.6) is 0 Å². The highest BCUT2D eigenvalue weighted by Crippen LogP contribution is 2.28. The van der Waals surface area contributed by atoms with Gasteiger partial charge < -0.3 is 10.6 Å². The molecule has 0 spiro atoms. The third-order valence-corrected chi connectivity index (χ3v) is 5.26. The highest BCUT2D eigenvalue weighted by Gasteiger charge is 2.25. The van der Waals surface area contributed by atoms with Crippen LogP contribution in [0.25, 0.3) is 10.6 Å². The first-order valence-electron chi connectivity index (χ1n) is 8.81. The van der Waals surface area contributed by atoms with E-state index in [2.05, 4.69) is 20.8 Å². The molecular weight excluding hydrogens is 378 g/mol. The van der Waals surface area contributed by atoms with Crippen molar-refractivity contribution in [2.75, 3.05) is 5.32 Å². The summed E-state index contributed by atoms with van der Waals surface area (Å²) in [6, 6.07) is 14.3. The van der Waals surface area contributed by atoms with Crippen LogP contribution in [-0.4, -0.2) is 27.1 Å². The average Bonchev–Trinajstić information content (AvgIpc) is 3.40. The van der Waals surface area contributed by atoms with E-state index in [1.807, 2.05) is 30.3 Å². The van der Waals surface area contributed by atoms with E-state index in [-0.39, 0.29) is 23.2 Å². The Morgan fingerprint density at radius 1 is 1.18 bits per heavy atom. The molecule has 0 radical (unpaired) electrons. The number of nitrogens with one attached hydrogen (secondary N) is 2. The lowest BCUT2D eigenvalue weighted by molar-refractivity contribution is -0.384. The van der Waals surface area contributed by atoms with Crippen LogP contribution in [0.4, 0.5) is 11.4 Å². The smallest absolute Gasteiger partial charge is 0.293 e. The topological polar surface area (TPSA) is 110 Å². The van der Waals surface area contributed by atoms with Crippen molar-refractivity contribution in [3.8, 4) is 10.6 Å². The molecule has 8 nitrogen and oxygen atoms in total. The number of hydrogen-bond donors (Lipinski definition) is 2. The number of rotatable bonds is 7. The summed E-state index contributed by atoms with van der Waals surface area (Å²) in [6.07, 6.45) is 1.92. The van der Waals surface area contributed by atoms with Crippen LogP contribution >= 0.6 is 11.3 Å². The van der Waals surface area contributed by atoms with Gasteiger partial charge >= 0.3 is 0 Å². The zero-order valence-electron chi connectivity index (χ0n) is 14.8. The summed E-state index contributed by atoms with van der Waals surface area (Å²) in [4.78, 5) is 23.1. The minimum Gasteiger partial charge on any atom is -0.373 e. The Kier molecular flexibility index (Phi) is 4.98. The number of nitro groups is 1. The molecule has 0 aliphatic heterocycles. The van der Waals surface area contributed by atoms with E-state index >= 15 is 0 Å². The zero-order valence-corrected chi connectivity index (χ0v) is 15.6. The summed E-state index contributed by atoms with van der Waals surface area (Å²) in [5, 5.41) is 27.1. The Morgan fingerprint density at radius 3 is 2.68 bits per heavy atom. The van der Waals surface area contributed by atoms with Gasteiger partial charge in [0.25, 0.3) is 11.6 Å². The molecule has 3 aromatic rings. The van der Waals surface area contributed by atoms with Gasteiger partial charge in [-0.25, -0.2) is 0 Å². The molecule has 0 atom stereocenters. The summed E-state index contributed by atoms with van der Waals surface area (Å²) in [6.45, 7) is 0.305. The van der Waals surface area contributed by atoms with Crippen LogP contribution in [0.3, 0.4) is 0 Å². The lowest BCUT2D eigenvalue weighted by Crippen LogP contribution is -2.25. The molecule has 1 heterocycles. The molecule has 9 heteroatoms. The molecule has 1 aliphatic carbocycles. The standard InChI is InChI=1S/C19H17N5O3S/c25-18(21-14-7-8-14)13-6-9-15(16(10-13)24(26)27)20-11-17-22-23-19(28-17)12-4-2-1-3-5-12/h1-6,9-10,14,20H,7-8,11H2,(H,21,25). The van der Waals surface area contributed by atoms with Gasteiger partial charge in [0.1, 0.15) is 15.7 Å². The number of aromatic nitrogens is 2. The van der Waals surface area contributed by atoms with E-state index in [0.29, 0.717) is 17.2 Å². The first kappa shape index (κ1) is 18.1. The lowest BCUT2D eigenvalue weighted by Gasteiger charge is -2.08. The van der Waals surface area contributed by atoms with Crippen LogP contribution < -0.4 is 10.6 Å². The number of carbonyl (C=O) groups is 1. The second kappa shape index (κ2) is 7.73. The van der Waals surface area contributed by atoms with Gasteiger partial charge in [0, 0.05) is 23.2 Å². The first-order chi connectivity index (χ1) is 13.6. The quantitative estimate of drug-likeness (QED) is 0.467. The number of nitro benzene ring substituents is 1. The molecule has 28 heavy (non-hydrogen) atoms. The molecule has 1 fully saturated rings. The summed E-state index contributed by atoms with van der Waals surface area (Å²) in [5.74, 6) is -0.284. The molecular formula is C19H17N5O3S. The van der Waals surface area contributed by atoms with E-state index in [1.54, 1.807) is 12.1 Å². The van der Waals surface area contributed by atoms with Crippen LogP contribution in [0, 0.1) is 10.1 Å². The van der Waals surface area contributed by atoms with Crippen molar-refractivity contribution in [3.05, 3.63) is 69.2 Å². The van der Waals surface area contributed by atoms with E-state index < -0.39 is 4.92 Å². The molecule has 1 saturated carbocycles. The van der Waals surface area contributed by atoms with Crippen molar-refractivity contribution in [2.45, 2.75) is 25.4 Å². The van der Waals surface area contributed by atoms with Crippen molar-refractivity contribution in [2.24, 2.45) is 0 Å². The predicted octanol–water partition coefficient (Wildman–Crippen LogP) is 3.62. The number of hydrogen-bond acceptors (Lipinski definition) is 7. The molecule has 0 unspecified atom stereocenters. The van der Waals surface area contributed by atoms with Crippen molar-refractivity contribution in [1.82, 2.24) is 15.5 Å². The van der Waals surface area contributed by atoms with Gasteiger partial charge in [-0.1, -0.05) is 41.7 Å². The van der Waals surface area contributed by atoms with Gasteiger partial charge in [-0.15, -0.1) is 10.2 Å².